The van der Waals surface area contributed by atoms with E-state index in [0.717, 1.165) is 0 Å². The van der Waals surface area contributed by atoms with Crippen molar-refractivity contribution in [1.82, 2.24) is 0 Å². The van der Waals surface area contributed by atoms with Gasteiger partial charge < -0.3 is 14.6 Å². The molecule has 56 heavy (non-hydrogen) atoms. The molecule has 0 fully saturated rings. The lowest BCUT2D eigenvalue weighted by atomic mass is 9.83. The van der Waals surface area contributed by atoms with Gasteiger partial charge in [0.15, 0.2) is 46.5 Å². The SMILES string of the molecule is OC(c1c(F)c(F)c(Oc2c(F)c(F)c(C(F)(F)F)c(F)c2F)c(F)c1F)(c1c(F)c(F)c(Oc2c(F)c(F)c(C(F)(F)F)c(F)c2F)c(F)c1F)C(F)(F)F. The third kappa shape index (κ3) is 6.39. The van der Waals surface area contributed by atoms with Crippen molar-refractivity contribution in [3.8, 4) is 23.0 Å². The van der Waals surface area contributed by atoms with Gasteiger partial charge in [-0.3, -0.25) is 0 Å². The van der Waals surface area contributed by atoms with E-state index in [0.29, 0.717) is 0 Å². The number of aliphatic hydroxyl groups is 1. The monoisotopic (exact) mass is 860 g/mol. The topological polar surface area (TPSA) is 38.7 Å². The molecule has 0 aliphatic carbocycles. The first-order valence-corrected chi connectivity index (χ1v) is 13.0. The minimum Gasteiger partial charge on any atom is -0.444 e. The van der Waals surface area contributed by atoms with E-state index in [-0.39, 0.29) is 0 Å². The molecule has 0 aliphatic rings. The highest BCUT2D eigenvalue weighted by atomic mass is 19.4. The molecular weight excluding hydrogens is 859 g/mol. The Labute approximate surface area is 287 Å². The second-order valence-corrected chi connectivity index (χ2v) is 10.2. The third-order valence-corrected chi connectivity index (χ3v) is 7.00. The van der Waals surface area contributed by atoms with Crippen LogP contribution in [-0.4, -0.2) is 11.3 Å². The molecule has 0 spiro atoms. The van der Waals surface area contributed by atoms with Crippen LogP contribution in [0.25, 0.3) is 0 Å². The van der Waals surface area contributed by atoms with E-state index in [1.54, 1.807) is 0 Å². The Morgan fingerprint density at radius 2 is 0.429 bits per heavy atom. The zero-order valence-corrected chi connectivity index (χ0v) is 24.7. The minimum atomic E-state index is -7.34. The van der Waals surface area contributed by atoms with Crippen LogP contribution in [0.4, 0.5) is 110 Å². The number of benzene rings is 4. The normalized spacial score (nSPS) is 12.8. The van der Waals surface area contributed by atoms with Gasteiger partial charge in [0.05, 0.1) is 11.1 Å². The molecule has 0 saturated heterocycles. The van der Waals surface area contributed by atoms with E-state index < -0.39 is 162 Å². The Morgan fingerprint density at radius 3 is 0.571 bits per heavy atom. The van der Waals surface area contributed by atoms with Crippen LogP contribution >= 0.6 is 0 Å². The predicted octanol–water partition coefficient (Wildman–Crippen LogP) is 11.3. The average molecular weight is 860 g/mol. The van der Waals surface area contributed by atoms with Crippen LogP contribution in [0, 0.1) is 93.1 Å². The number of ether oxygens (including phenoxy) is 2. The predicted molar refractivity (Wildman–Crippen MR) is 124 cm³/mol. The van der Waals surface area contributed by atoms with Gasteiger partial charge in [0, 0.05) is 0 Å². The molecule has 0 bridgehead atoms. The summed E-state index contributed by atoms with van der Waals surface area (Å²) < 4.78 is 359. The van der Waals surface area contributed by atoms with Gasteiger partial charge in [-0.15, -0.1) is 0 Å². The molecule has 4 rings (SSSR count). The molecule has 3 nitrogen and oxygen atoms in total. The van der Waals surface area contributed by atoms with Gasteiger partial charge in [-0.1, -0.05) is 0 Å². The first kappa shape index (κ1) is 43.4. The van der Waals surface area contributed by atoms with E-state index >= 15 is 17.6 Å². The highest BCUT2D eigenvalue weighted by molar-refractivity contribution is 5.50. The summed E-state index contributed by atoms with van der Waals surface area (Å²) in [6.45, 7) is 0. The Morgan fingerprint density at radius 1 is 0.268 bits per heavy atom. The van der Waals surface area contributed by atoms with E-state index in [4.69, 9.17) is 0 Å². The molecule has 0 atom stereocenters. The van der Waals surface area contributed by atoms with Crippen LogP contribution in [-0.2, 0) is 18.0 Å². The van der Waals surface area contributed by atoms with Gasteiger partial charge >= 0.3 is 18.5 Å². The minimum absolute atomic E-state index is 3.05. The second kappa shape index (κ2) is 13.7. The molecular formula is C28HF25O3. The lowest BCUT2D eigenvalue weighted by Crippen LogP contribution is -2.47. The van der Waals surface area contributed by atoms with Crippen molar-refractivity contribution in [3.05, 3.63) is 115 Å². The second-order valence-electron chi connectivity index (χ2n) is 10.2. The summed E-state index contributed by atoms with van der Waals surface area (Å²) in [5.74, 6) is -70.4. The summed E-state index contributed by atoms with van der Waals surface area (Å²) in [5, 5.41) is 10.3. The molecule has 0 aromatic heterocycles. The zero-order chi connectivity index (χ0) is 43.3. The van der Waals surface area contributed by atoms with Gasteiger partial charge in [0.2, 0.25) is 75.1 Å². The van der Waals surface area contributed by atoms with E-state index in [2.05, 4.69) is 9.47 Å². The molecule has 4 aromatic carbocycles. The van der Waals surface area contributed by atoms with Crippen LogP contribution in [0.15, 0.2) is 0 Å². The molecule has 0 radical (unpaired) electrons. The average Bonchev–Trinajstić information content (AvgIpc) is 3.06. The smallest absolute Gasteiger partial charge is 0.426 e. The molecule has 4 aromatic rings. The van der Waals surface area contributed by atoms with Gasteiger partial charge in [-0.05, 0) is 0 Å². The van der Waals surface area contributed by atoms with Gasteiger partial charge in [-0.2, -0.15) is 74.6 Å². The number of hydrogen-bond acceptors (Lipinski definition) is 3. The molecule has 0 unspecified atom stereocenters. The molecule has 306 valence electrons. The summed E-state index contributed by atoms with van der Waals surface area (Å²) in [6.07, 6.45) is -19.9. The van der Waals surface area contributed by atoms with Gasteiger partial charge in [-0.25, -0.2) is 35.1 Å². The summed E-state index contributed by atoms with van der Waals surface area (Å²) in [5.41, 5.74) is -21.1. The van der Waals surface area contributed by atoms with E-state index in [9.17, 15) is 97.3 Å². The van der Waals surface area contributed by atoms with Crippen molar-refractivity contribution >= 4 is 0 Å². The first-order valence-electron chi connectivity index (χ1n) is 13.0. The van der Waals surface area contributed by atoms with Gasteiger partial charge in [0.1, 0.15) is 11.1 Å². The molecule has 0 saturated carbocycles. The fourth-order valence-electron chi connectivity index (χ4n) is 4.55. The number of alkyl halides is 9. The first-order chi connectivity index (χ1) is 25.3. The fraction of sp³-hybridized carbons (Fsp3) is 0.143. The Kier molecular flexibility index (Phi) is 10.6. The lowest BCUT2D eigenvalue weighted by molar-refractivity contribution is -0.252. The van der Waals surface area contributed by atoms with Crippen molar-refractivity contribution in [3.63, 3.8) is 0 Å². The van der Waals surface area contributed by atoms with Crippen LogP contribution in [0.3, 0.4) is 0 Å². The maximum absolute atomic E-state index is 15.1. The number of halogens is 25. The molecule has 1 N–H and O–H groups in total. The maximum atomic E-state index is 15.1. The molecule has 0 heterocycles. The largest absolute Gasteiger partial charge is 0.444 e. The summed E-state index contributed by atoms with van der Waals surface area (Å²) in [4.78, 5) is 0. The molecule has 0 amide bonds. The van der Waals surface area contributed by atoms with Crippen molar-refractivity contribution < 1.29 is 124 Å². The summed E-state index contributed by atoms with van der Waals surface area (Å²) in [7, 11) is 0. The van der Waals surface area contributed by atoms with Crippen molar-refractivity contribution in [2.24, 2.45) is 0 Å². The summed E-state index contributed by atoms with van der Waals surface area (Å²) >= 11 is 0. The Hall–Kier alpha value is -5.31. The van der Waals surface area contributed by atoms with Crippen LogP contribution in [0.5, 0.6) is 23.0 Å². The van der Waals surface area contributed by atoms with Crippen molar-refractivity contribution in [1.29, 1.82) is 0 Å². The molecule has 0 aliphatic heterocycles. The maximum Gasteiger partial charge on any atom is 0.426 e. The van der Waals surface area contributed by atoms with Crippen LogP contribution < -0.4 is 9.47 Å². The molecule has 28 heteroatoms. The number of rotatable bonds is 6. The van der Waals surface area contributed by atoms with Crippen LogP contribution in [0.1, 0.15) is 22.3 Å². The zero-order valence-electron chi connectivity index (χ0n) is 24.7. The highest BCUT2D eigenvalue weighted by Gasteiger charge is 2.63. The quantitative estimate of drug-likeness (QED) is 0.155. The van der Waals surface area contributed by atoms with E-state index in [1.165, 1.54) is 0 Å². The third-order valence-electron chi connectivity index (χ3n) is 7.00. The Bertz CT molecular complexity index is 2040. The van der Waals surface area contributed by atoms with Crippen LogP contribution in [0.2, 0.25) is 0 Å². The van der Waals surface area contributed by atoms with Gasteiger partial charge in [0.25, 0.3) is 0 Å². The van der Waals surface area contributed by atoms with E-state index in [1.807, 2.05) is 0 Å². The fourth-order valence-corrected chi connectivity index (χ4v) is 4.55. The lowest BCUT2D eigenvalue weighted by Gasteiger charge is -2.33. The van der Waals surface area contributed by atoms with Crippen molar-refractivity contribution in [2.75, 3.05) is 0 Å². The standard InChI is InChI=1S/C28HF25O3/c29-5-1(6(30)14(38)21(13(5)37)55-23-17(41)9(33)3(26(45,46)47)10(34)18(23)42)25(54,28(51,52)53)2-7(31)15(39)22(16(40)8(2)32)56-24-19(43)11(35)4(27(48,49)50)12(36)20(24)44/h54H. The Balaban J connectivity index is 2.01. The van der Waals surface area contributed by atoms with Crippen molar-refractivity contribution in [2.45, 2.75) is 24.1 Å². The summed E-state index contributed by atoms with van der Waals surface area (Å²) in [6, 6.07) is 0. The number of hydrogen-bond donors (Lipinski definition) is 1. The highest BCUT2D eigenvalue weighted by Crippen LogP contribution is 2.52.